The molecule has 14 heavy (non-hydrogen) atoms. The van der Waals surface area contributed by atoms with Crippen LogP contribution in [0.25, 0.3) is 0 Å². The van der Waals surface area contributed by atoms with E-state index in [2.05, 4.69) is 24.3 Å². The van der Waals surface area contributed by atoms with E-state index in [-0.39, 0.29) is 12.1 Å². The van der Waals surface area contributed by atoms with Gasteiger partial charge in [0.1, 0.15) is 0 Å². The predicted molar refractivity (Wildman–Crippen MR) is 55.0 cm³/mol. The van der Waals surface area contributed by atoms with Gasteiger partial charge in [0.2, 0.25) is 0 Å². The zero-order valence-corrected chi connectivity index (χ0v) is 8.15. The molecule has 0 unspecified atom stereocenters. The van der Waals surface area contributed by atoms with Crippen LogP contribution in [-0.4, -0.2) is 12.1 Å². The van der Waals surface area contributed by atoms with Crippen molar-refractivity contribution in [1.29, 1.82) is 0 Å². The van der Waals surface area contributed by atoms with Gasteiger partial charge in [0, 0.05) is 6.04 Å². The molecule has 2 bridgehead atoms. The smallest absolute Gasteiger partial charge is 0.0982 e. The first-order chi connectivity index (χ1) is 6.84. The maximum absolute atomic E-state index is 6.08. The molecule has 1 saturated heterocycles. The average Bonchev–Trinajstić information content (AvgIpc) is 2.23. The van der Waals surface area contributed by atoms with Gasteiger partial charge in [-0.25, -0.2) is 0 Å². The Morgan fingerprint density at radius 3 is 3.00 bits per heavy atom. The quantitative estimate of drug-likeness (QED) is 0.675. The summed E-state index contributed by atoms with van der Waals surface area (Å²) >= 11 is 0. The fourth-order valence-electron chi connectivity index (χ4n) is 2.60. The number of hydrogen-bond acceptors (Lipinski definition) is 2. The van der Waals surface area contributed by atoms with Gasteiger partial charge in [-0.2, -0.15) is 0 Å². The van der Waals surface area contributed by atoms with E-state index >= 15 is 0 Å². The summed E-state index contributed by atoms with van der Waals surface area (Å²) in [7, 11) is 0. The van der Waals surface area contributed by atoms with Crippen LogP contribution < -0.4 is 5.73 Å². The normalized spacial score (nSPS) is 35.1. The molecular weight excluding hydrogens is 174 g/mol. The Kier molecular flexibility index (Phi) is 1.85. The summed E-state index contributed by atoms with van der Waals surface area (Å²) < 4.78 is 5.94. The summed E-state index contributed by atoms with van der Waals surface area (Å²) in [5.41, 5.74) is 8.83. The van der Waals surface area contributed by atoms with Gasteiger partial charge in [-0.1, -0.05) is 24.3 Å². The van der Waals surface area contributed by atoms with E-state index in [1.807, 2.05) is 0 Å². The Morgan fingerprint density at radius 1 is 1.21 bits per heavy atom. The van der Waals surface area contributed by atoms with Crippen LogP contribution in [0.15, 0.2) is 24.3 Å². The van der Waals surface area contributed by atoms with Crippen LogP contribution in [0.3, 0.4) is 0 Å². The van der Waals surface area contributed by atoms with Crippen molar-refractivity contribution in [2.24, 2.45) is 5.73 Å². The number of rotatable bonds is 0. The van der Waals surface area contributed by atoms with E-state index in [9.17, 15) is 0 Å². The highest BCUT2D eigenvalue weighted by Crippen LogP contribution is 2.38. The molecule has 0 radical (unpaired) electrons. The lowest BCUT2D eigenvalue weighted by atomic mass is 9.84. The summed E-state index contributed by atoms with van der Waals surface area (Å²) in [5.74, 6) is 0. The molecule has 2 aliphatic rings. The molecule has 1 aromatic carbocycles. The molecular formula is C12H15NO. The number of benzene rings is 1. The largest absolute Gasteiger partial charge is 0.368 e. The molecule has 2 heteroatoms. The van der Waals surface area contributed by atoms with Gasteiger partial charge in [0.25, 0.3) is 0 Å². The number of ether oxygens (including phenoxy) is 1. The van der Waals surface area contributed by atoms with Crippen molar-refractivity contribution in [3.05, 3.63) is 35.4 Å². The summed E-state index contributed by atoms with van der Waals surface area (Å²) in [4.78, 5) is 0. The number of hydrogen-bond donors (Lipinski definition) is 1. The molecule has 3 atom stereocenters. The van der Waals surface area contributed by atoms with Crippen LogP contribution in [0.4, 0.5) is 0 Å². The lowest BCUT2D eigenvalue weighted by Crippen LogP contribution is -2.42. The second kappa shape index (κ2) is 3.07. The Morgan fingerprint density at radius 2 is 2.07 bits per heavy atom. The third-order valence-corrected chi connectivity index (χ3v) is 3.36. The lowest BCUT2D eigenvalue weighted by Gasteiger charge is -2.40. The van der Waals surface area contributed by atoms with Crippen molar-refractivity contribution in [3.63, 3.8) is 0 Å². The van der Waals surface area contributed by atoms with E-state index in [1.165, 1.54) is 11.1 Å². The summed E-state index contributed by atoms with van der Waals surface area (Å²) in [6.45, 7) is 0. The molecule has 2 aliphatic heterocycles. The van der Waals surface area contributed by atoms with Crippen LogP contribution in [-0.2, 0) is 11.2 Å². The molecule has 0 aliphatic carbocycles. The average molecular weight is 189 g/mol. The predicted octanol–water partition coefficient (Wildman–Crippen LogP) is 1.79. The van der Waals surface area contributed by atoms with Gasteiger partial charge >= 0.3 is 0 Å². The SMILES string of the molecule is N[C@@H]1CC[C@H]2Cc3ccccc3[C@@H]1O2. The zero-order chi connectivity index (χ0) is 9.54. The van der Waals surface area contributed by atoms with Gasteiger partial charge in [0.15, 0.2) is 0 Å². The first-order valence-electron chi connectivity index (χ1n) is 5.33. The van der Waals surface area contributed by atoms with Gasteiger partial charge in [0.05, 0.1) is 12.2 Å². The second-order valence-corrected chi connectivity index (χ2v) is 4.32. The molecule has 2 heterocycles. The summed E-state index contributed by atoms with van der Waals surface area (Å²) in [6.07, 6.45) is 3.85. The van der Waals surface area contributed by atoms with Gasteiger partial charge in [-0.3, -0.25) is 0 Å². The molecule has 74 valence electrons. The second-order valence-electron chi connectivity index (χ2n) is 4.32. The third kappa shape index (κ3) is 1.18. The minimum Gasteiger partial charge on any atom is -0.368 e. The van der Waals surface area contributed by atoms with E-state index < -0.39 is 0 Å². The van der Waals surface area contributed by atoms with E-state index in [4.69, 9.17) is 10.5 Å². The highest BCUT2D eigenvalue weighted by atomic mass is 16.5. The van der Waals surface area contributed by atoms with Crippen LogP contribution in [0.5, 0.6) is 0 Å². The van der Waals surface area contributed by atoms with Crippen molar-refractivity contribution in [1.82, 2.24) is 0 Å². The van der Waals surface area contributed by atoms with Gasteiger partial charge in [-0.05, 0) is 30.4 Å². The fourth-order valence-corrected chi connectivity index (χ4v) is 2.60. The van der Waals surface area contributed by atoms with E-state index in [1.54, 1.807) is 0 Å². The first kappa shape index (κ1) is 8.45. The Hall–Kier alpha value is -0.860. The molecule has 3 rings (SSSR count). The number of nitrogens with two attached hydrogens (primary N) is 1. The molecule has 0 amide bonds. The monoisotopic (exact) mass is 189 g/mol. The van der Waals surface area contributed by atoms with Crippen molar-refractivity contribution in [2.45, 2.75) is 37.5 Å². The maximum Gasteiger partial charge on any atom is 0.0982 e. The van der Waals surface area contributed by atoms with Crippen molar-refractivity contribution >= 4 is 0 Å². The molecule has 0 saturated carbocycles. The van der Waals surface area contributed by atoms with Crippen molar-refractivity contribution in [3.8, 4) is 0 Å². The fraction of sp³-hybridized carbons (Fsp3) is 0.500. The first-order valence-corrected chi connectivity index (χ1v) is 5.33. The van der Waals surface area contributed by atoms with Gasteiger partial charge < -0.3 is 10.5 Å². The molecule has 2 N–H and O–H groups in total. The molecule has 1 aromatic rings. The molecule has 1 fully saturated rings. The Labute approximate surface area is 84.1 Å². The topological polar surface area (TPSA) is 35.2 Å². The summed E-state index contributed by atoms with van der Waals surface area (Å²) in [6, 6.07) is 8.72. The van der Waals surface area contributed by atoms with E-state index in [0.717, 1.165) is 19.3 Å². The minimum atomic E-state index is 0.152. The summed E-state index contributed by atoms with van der Waals surface area (Å²) in [5, 5.41) is 0. The lowest BCUT2D eigenvalue weighted by molar-refractivity contribution is -0.0730. The minimum absolute atomic E-state index is 0.152. The van der Waals surface area contributed by atoms with Crippen LogP contribution in [0, 0.1) is 0 Å². The molecule has 0 spiro atoms. The molecule has 2 nitrogen and oxygen atoms in total. The van der Waals surface area contributed by atoms with Crippen molar-refractivity contribution < 1.29 is 4.74 Å². The zero-order valence-electron chi connectivity index (χ0n) is 8.15. The van der Waals surface area contributed by atoms with Crippen LogP contribution in [0.2, 0.25) is 0 Å². The van der Waals surface area contributed by atoms with Crippen molar-refractivity contribution in [2.75, 3.05) is 0 Å². The number of fused-ring (bicyclic) bond motifs is 4. The Balaban J connectivity index is 2.06. The highest BCUT2D eigenvalue weighted by molar-refractivity contribution is 5.33. The molecule has 0 aromatic heterocycles. The van der Waals surface area contributed by atoms with Crippen LogP contribution in [0.1, 0.15) is 30.1 Å². The third-order valence-electron chi connectivity index (χ3n) is 3.36. The Bertz CT molecular complexity index is 350. The van der Waals surface area contributed by atoms with Gasteiger partial charge in [-0.15, -0.1) is 0 Å². The standard InChI is InChI=1S/C12H15NO/c13-11-6-5-9-7-8-3-1-2-4-10(8)12(11)14-9/h1-4,9,11-12H,5-7,13H2/t9-,11+,12-/m0/s1. The maximum atomic E-state index is 6.08. The highest BCUT2D eigenvalue weighted by Gasteiger charge is 2.35. The van der Waals surface area contributed by atoms with Crippen LogP contribution >= 0.6 is 0 Å². The van der Waals surface area contributed by atoms with E-state index in [0.29, 0.717) is 6.10 Å².